The number of alkyl halides is 3. The maximum absolute atomic E-state index is 13.6. The summed E-state index contributed by atoms with van der Waals surface area (Å²) in [4.78, 5) is 24.3. The molecular weight excluding hydrogens is 508 g/mol. The number of anilines is 1. The van der Waals surface area contributed by atoms with Gasteiger partial charge >= 0.3 is 12.1 Å². The number of esters is 1. The highest BCUT2D eigenvalue weighted by atomic mass is 35.5. The first-order valence-electron chi connectivity index (χ1n) is 9.07. The summed E-state index contributed by atoms with van der Waals surface area (Å²) in [5.74, 6) is -2.76. The minimum atomic E-state index is -5.37. The van der Waals surface area contributed by atoms with E-state index in [4.69, 9.17) is 40.2 Å². The van der Waals surface area contributed by atoms with Crippen molar-refractivity contribution in [3.63, 3.8) is 0 Å². The van der Waals surface area contributed by atoms with Crippen LogP contribution in [0.25, 0.3) is 0 Å². The van der Waals surface area contributed by atoms with Gasteiger partial charge in [0.1, 0.15) is 5.75 Å². The molecule has 7 nitrogen and oxygen atoms in total. The second-order valence-corrected chi connectivity index (χ2v) is 7.63. The third-order valence-electron chi connectivity index (χ3n) is 4.25. The van der Waals surface area contributed by atoms with E-state index in [1.54, 1.807) is 0 Å². The molecule has 0 aliphatic carbocycles. The van der Waals surface area contributed by atoms with E-state index in [0.29, 0.717) is 5.02 Å². The van der Waals surface area contributed by atoms with Crippen molar-refractivity contribution in [2.45, 2.75) is 18.7 Å². The Labute approximate surface area is 201 Å². The molecule has 0 bridgehead atoms. The first-order valence-corrected chi connectivity index (χ1v) is 10.2. The van der Waals surface area contributed by atoms with Gasteiger partial charge in [0.05, 0.1) is 30.0 Å². The monoisotopic (exact) mass is 524 g/mol. The number of thiocarbonyl (C=S) groups is 1. The second kappa shape index (κ2) is 10.6. The lowest BCUT2D eigenvalue weighted by molar-refractivity contribution is -0.267. The van der Waals surface area contributed by atoms with Gasteiger partial charge in [-0.1, -0.05) is 29.3 Å². The molecule has 13 heteroatoms. The fourth-order valence-electron chi connectivity index (χ4n) is 2.65. The zero-order valence-electron chi connectivity index (χ0n) is 17.0. The van der Waals surface area contributed by atoms with Gasteiger partial charge < -0.3 is 19.9 Å². The van der Waals surface area contributed by atoms with Crippen LogP contribution in [0.5, 0.6) is 5.75 Å². The molecular formula is C20H17Cl2F3N2O5S. The van der Waals surface area contributed by atoms with Crippen LogP contribution < -0.4 is 15.4 Å². The molecule has 0 spiro atoms. The molecule has 2 aromatic carbocycles. The van der Waals surface area contributed by atoms with Crippen LogP contribution in [-0.2, 0) is 15.1 Å². The van der Waals surface area contributed by atoms with E-state index >= 15 is 0 Å². The molecule has 1 atom stereocenters. The van der Waals surface area contributed by atoms with Crippen molar-refractivity contribution in [1.82, 2.24) is 5.32 Å². The number of benzene rings is 2. The number of nitrogens with one attached hydrogen (secondary N) is 2. The smallest absolute Gasteiger partial charge is 0.432 e. The first kappa shape index (κ1) is 26.7. The SMILES string of the molecule is CCOC(=O)C(O)(c1ccc(NC(=S)NC(=O)c2ccc(Cl)cc2Cl)c(OC)c1)C(F)(F)F. The summed E-state index contributed by atoms with van der Waals surface area (Å²) in [6, 6.07) is 6.92. The molecule has 1 amide bonds. The Kier molecular flexibility index (Phi) is 8.52. The summed E-state index contributed by atoms with van der Waals surface area (Å²) in [6.45, 7) is 0.925. The predicted molar refractivity (Wildman–Crippen MR) is 120 cm³/mol. The predicted octanol–water partition coefficient (Wildman–Crippen LogP) is 4.44. The fourth-order valence-corrected chi connectivity index (χ4v) is 3.35. The Morgan fingerprint density at radius 2 is 1.82 bits per heavy atom. The number of methoxy groups -OCH3 is 1. The molecule has 3 N–H and O–H groups in total. The minimum Gasteiger partial charge on any atom is -0.495 e. The molecule has 0 saturated carbocycles. The number of amides is 1. The van der Waals surface area contributed by atoms with Crippen molar-refractivity contribution in [3.05, 3.63) is 57.6 Å². The Bertz CT molecular complexity index is 1080. The zero-order valence-corrected chi connectivity index (χ0v) is 19.4. The number of hydrogen-bond acceptors (Lipinski definition) is 6. The number of hydrogen-bond donors (Lipinski definition) is 3. The van der Waals surface area contributed by atoms with Gasteiger partial charge in [-0.3, -0.25) is 10.1 Å². The van der Waals surface area contributed by atoms with E-state index in [0.717, 1.165) is 25.3 Å². The average molecular weight is 525 g/mol. The summed E-state index contributed by atoms with van der Waals surface area (Å²) in [5, 5.41) is 15.3. The molecule has 0 aromatic heterocycles. The number of ether oxygens (including phenoxy) is 2. The quantitative estimate of drug-likeness (QED) is 0.379. The van der Waals surface area contributed by atoms with E-state index in [1.165, 1.54) is 25.1 Å². The normalized spacial score (nSPS) is 13.0. The molecule has 0 fully saturated rings. The number of aliphatic hydroxyl groups is 1. The molecule has 0 heterocycles. The van der Waals surface area contributed by atoms with Gasteiger partial charge in [0.25, 0.3) is 11.5 Å². The minimum absolute atomic E-state index is 0.0436. The average Bonchev–Trinajstić information content (AvgIpc) is 2.72. The number of halogens is 5. The third-order valence-corrected chi connectivity index (χ3v) is 5.00. The number of rotatable bonds is 6. The van der Waals surface area contributed by atoms with Crippen molar-refractivity contribution < 1.29 is 37.3 Å². The van der Waals surface area contributed by atoms with E-state index in [-0.39, 0.29) is 33.7 Å². The molecule has 0 radical (unpaired) electrons. The Morgan fingerprint density at radius 1 is 1.15 bits per heavy atom. The fraction of sp³-hybridized carbons (Fsp3) is 0.250. The lowest BCUT2D eigenvalue weighted by Gasteiger charge is -2.29. The van der Waals surface area contributed by atoms with Crippen LogP contribution in [-0.4, -0.2) is 42.0 Å². The lowest BCUT2D eigenvalue weighted by Crippen LogP contribution is -2.50. The highest BCUT2D eigenvalue weighted by molar-refractivity contribution is 7.80. The summed E-state index contributed by atoms with van der Waals surface area (Å²) >= 11 is 16.8. The Balaban J connectivity index is 2.29. The molecule has 0 aliphatic heterocycles. The number of carbonyl (C=O) groups excluding carboxylic acids is 2. The van der Waals surface area contributed by atoms with Crippen molar-refractivity contribution in [3.8, 4) is 5.75 Å². The van der Waals surface area contributed by atoms with Crippen LogP contribution in [0.4, 0.5) is 18.9 Å². The molecule has 2 aromatic rings. The van der Waals surface area contributed by atoms with E-state index in [2.05, 4.69) is 15.4 Å². The van der Waals surface area contributed by atoms with Crippen LogP contribution in [0.3, 0.4) is 0 Å². The van der Waals surface area contributed by atoms with Crippen LogP contribution in [0.15, 0.2) is 36.4 Å². The van der Waals surface area contributed by atoms with Gasteiger partial charge in [0.2, 0.25) is 0 Å². The van der Waals surface area contributed by atoms with E-state index in [1.807, 2.05) is 0 Å². The molecule has 1 unspecified atom stereocenters. The van der Waals surface area contributed by atoms with Crippen LogP contribution in [0.2, 0.25) is 10.0 Å². The van der Waals surface area contributed by atoms with Crippen LogP contribution in [0.1, 0.15) is 22.8 Å². The first-order chi connectivity index (χ1) is 15.3. The lowest BCUT2D eigenvalue weighted by atomic mass is 9.92. The van der Waals surface area contributed by atoms with Gasteiger partial charge in [-0.05, 0) is 49.5 Å². The number of carbonyl (C=O) groups is 2. The highest BCUT2D eigenvalue weighted by Crippen LogP contribution is 2.42. The van der Waals surface area contributed by atoms with Crippen LogP contribution in [0, 0.1) is 0 Å². The molecule has 2 rings (SSSR count). The maximum Gasteiger partial charge on any atom is 0.432 e. The molecule has 178 valence electrons. The van der Waals surface area contributed by atoms with E-state index in [9.17, 15) is 27.9 Å². The maximum atomic E-state index is 13.6. The van der Waals surface area contributed by atoms with Crippen molar-refractivity contribution in [2.75, 3.05) is 19.0 Å². The zero-order chi connectivity index (χ0) is 25.0. The standard InChI is InChI=1S/C20H17Cl2F3N2O5S/c1-3-32-17(29)19(30,20(23,24)25)10-4-7-14(15(8-10)31-2)26-18(33)27-16(28)12-6-5-11(21)9-13(12)22/h4-9,30H,3H2,1-2H3,(H2,26,27,28,33). The summed E-state index contributed by atoms with van der Waals surface area (Å²) < 4.78 is 50.2. The van der Waals surface area contributed by atoms with Crippen molar-refractivity contribution in [2.24, 2.45) is 0 Å². The summed E-state index contributed by atoms with van der Waals surface area (Å²) in [7, 11) is 1.15. The topological polar surface area (TPSA) is 96.9 Å². The molecule has 0 aliphatic rings. The highest BCUT2D eigenvalue weighted by Gasteiger charge is 2.62. The largest absolute Gasteiger partial charge is 0.495 e. The summed E-state index contributed by atoms with van der Waals surface area (Å²) in [6.07, 6.45) is -5.37. The third kappa shape index (κ3) is 5.85. The summed E-state index contributed by atoms with van der Waals surface area (Å²) in [5.41, 5.74) is -4.63. The second-order valence-electron chi connectivity index (χ2n) is 6.38. The van der Waals surface area contributed by atoms with Gasteiger partial charge in [-0.25, -0.2) is 4.79 Å². The Morgan fingerprint density at radius 3 is 2.36 bits per heavy atom. The Hall–Kier alpha value is -2.60. The van der Waals surface area contributed by atoms with Crippen LogP contribution >= 0.6 is 35.4 Å². The van der Waals surface area contributed by atoms with Gasteiger partial charge in [0.15, 0.2) is 5.11 Å². The van der Waals surface area contributed by atoms with Crippen molar-refractivity contribution in [1.29, 1.82) is 0 Å². The van der Waals surface area contributed by atoms with Gasteiger partial charge in [-0.2, -0.15) is 13.2 Å². The molecule has 33 heavy (non-hydrogen) atoms. The van der Waals surface area contributed by atoms with Crippen molar-refractivity contribution >= 4 is 58.1 Å². The van der Waals surface area contributed by atoms with E-state index < -0.39 is 29.2 Å². The van der Waals surface area contributed by atoms with Gasteiger partial charge in [-0.15, -0.1) is 0 Å². The molecule has 0 saturated heterocycles. The van der Waals surface area contributed by atoms with Gasteiger partial charge in [0, 0.05) is 10.6 Å².